The number of rotatable bonds is 5. The van der Waals surface area contributed by atoms with Crippen molar-refractivity contribution in [3.8, 4) is 5.75 Å². The predicted molar refractivity (Wildman–Crippen MR) is 112 cm³/mol. The summed E-state index contributed by atoms with van der Waals surface area (Å²) >= 11 is 0. The molecular weight excluding hydrogens is 400 g/mol. The van der Waals surface area contributed by atoms with Crippen molar-refractivity contribution in [2.24, 2.45) is 23.7 Å². The van der Waals surface area contributed by atoms with E-state index in [-0.39, 0.29) is 0 Å². The number of aliphatic hydroxyl groups excluding tert-OH is 4. The molecule has 0 amide bonds. The van der Waals surface area contributed by atoms with Gasteiger partial charge in [-0.15, -0.1) is 0 Å². The minimum Gasteiger partial charge on any atom is -0.496 e. The number of hydrogen-bond acceptors (Lipinski definition) is 7. The summed E-state index contributed by atoms with van der Waals surface area (Å²) in [5, 5.41) is 39.6. The molecule has 0 aromatic heterocycles. The van der Waals surface area contributed by atoms with Crippen molar-refractivity contribution >= 4 is 5.76 Å². The third-order valence-electron chi connectivity index (χ3n) is 7.68. The first-order chi connectivity index (χ1) is 15.0. The molecule has 7 heteroatoms. The Morgan fingerprint density at radius 3 is 2.26 bits per heavy atom. The Labute approximate surface area is 182 Å². The average Bonchev–Trinajstić information content (AvgIpc) is 2.76. The van der Waals surface area contributed by atoms with Crippen molar-refractivity contribution in [2.45, 2.75) is 62.8 Å². The average molecular weight is 433 g/mol. The molecule has 4 saturated carbocycles. The van der Waals surface area contributed by atoms with E-state index in [1.54, 1.807) is 13.2 Å². The molecule has 31 heavy (non-hydrogen) atoms. The van der Waals surface area contributed by atoms with Gasteiger partial charge in [-0.1, -0.05) is 12.1 Å². The predicted octanol–water partition coefficient (Wildman–Crippen LogP) is 1.68. The zero-order valence-electron chi connectivity index (χ0n) is 17.8. The summed E-state index contributed by atoms with van der Waals surface area (Å²) in [5.74, 6) is 4.31. The number of allylic oxidation sites excluding steroid dienone is 1. The molecule has 1 aliphatic heterocycles. The van der Waals surface area contributed by atoms with E-state index in [4.69, 9.17) is 14.2 Å². The molecule has 5 atom stereocenters. The second-order valence-electron chi connectivity index (χ2n) is 9.64. The minimum absolute atomic E-state index is 0.459. The summed E-state index contributed by atoms with van der Waals surface area (Å²) in [6, 6.07) is 7.47. The van der Waals surface area contributed by atoms with Crippen molar-refractivity contribution in [1.29, 1.82) is 0 Å². The number of aliphatic hydroxyl groups is 4. The van der Waals surface area contributed by atoms with E-state index < -0.39 is 37.3 Å². The first-order valence-corrected chi connectivity index (χ1v) is 11.3. The van der Waals surface area contributed by atoms with Gasteiger partial charge in [-0.25, -0.2) is 0 Å². The quantitative estimate of drug-likeness (QED) is 0.524. The van der Waals surface area contributed by atoms with E-state index in [2.05, 4.69) is 0 Å². The lowest BCUT2D eigenvalue weighted by Gasteiger charge is -2.51. The van der Waals surface area contributed by atoms with Gasteiger partial charge in [0.15, 0.2) is 0 Å². The minimum atomic E-state index is -1.47. The first-order valence-electron chi connectivity index (χ1n) is 11.3. The first kappa shape index (κ1) is 21.2. The lowest BCUT2D eigenvalue weighted by atomic mass is 9.54. The third-order valence-corrected chi connectivity index (χ3v) is 7.68. The van der Waals surface area contributed by atoms with Crippen molar-refractivity contribution in [1.82, 2.24) is 0 Å². The van der Waals surface area contributed by atoms with E-state index in [0.717, 1.165) is 23.2 Å². The standard InChI is InChI=1S/C24H32O7/c1-29-23(19-15-6-12-5-13(8-15)9-16(19)7-12)14-3-2-4-17(10-14)30-24-22(28)21(27)20(26)18(11-25)31-24/h2-4,10,12-13,15-16,18,20-22,24-28H,5-9,11H2,1H3. The maximum absolute atomic E-state index is 10.3. The van der Waals surface area contributed by atoms with Crippen LogP contribution in [0.1, 0.15) is 37.7 Å². The van der Waals surface area contributed by atoms with Gasteiger partial charge >= 0.3 is 0 Å². The Balaban J connectivity index is 1.40. The van der Waals surface area contributed by atoms with Crippen LogP contribution in [0.3, 0.4) is 0 Å². The fraction of sp³-hybridized carbons (Fsp3) is 0.667. The van der Waals surface area contributed by atoms with E-state index in [1.165, 1.54) is 37.7 Å². The summed E-state index contributed by atoms with van der Waals surface area (Å²) in [7, 11) is 1.72. The lowest BCUT2D eigenvalue weighted by molar-refractivity contribution is -0.277. The highest BCUT2D eigenvalue weighted by atomic mass is 16.7. The third kappa shape index (κ3) is 3.76. The van der Waals surface area contributed by atoms with Crippen LogP contribution in [-0.4, -0.2) is 64.8 Å². The lowest BCUT2D eigenvalue weighted by Crippen LogP contribution is -2.60. The van der Waals surface area contributed by atoms with Crippen LogP contribution in [0.2, 0.25) is 0 Å². The highest BCUT2D eigenvalue weighted by molar-refractivity contribution is 5.66. The van der Waals surface area contributed by atoms with Crippen LogP contribution in [-0.2, 0) is 9.47 Å². The summed E-state index contributed by atoms with van der Waals surface area (Å²) in [5.41, 5.74) is 2.37. The Kier molecular flexibility index (Phi) is 5.73. The molecule has 0 spiro atoms. The second kappa shape index (κ2) is 8.37. The van der Waals surface area contributed by atoms with Crippen molar-refractivity contribution in [2.75, 3.05) is 13.7 Å². The Morgan fingerprint density at radius 2 is 1.65 bits per heavy atom. The maximum Gasteiger partial charge on any atom is 0.229 e. The van der Waals surface area contributed by atoms with Gasteiger partial charge in [-0.2, -0.15) is 0 Å². The zero-order chi connectivity index (χ0) is 21.7. The van der Waals surface area contributed by atoms with Gasteiger partial charge in [-0.05, 0) is 73.5 Å². The number of benzene rings is 1. The summed E-state index contributed by atoms with van der Waals surface area (Å²) in [6.07, 6.45) is -0.0888. The Morgan fingerprint density at radius 1 is 0.968 bits per heavy atom. The van der Waals surface area contributed by atoms with Crippen LogP contribution in [0.4, 0.5) is 0 Å². The van der Waals surface area contributed by atoms with Crippen molar-refractivity contribution in [3.63, 3.8) is 0 Å². The van der Waals surface area contributed by atoms with Gasteiger partial charge in [0, 0.05) is 5.56 Å². The van der Waals surface area contributed by atoms with Gasteiger partial charge in [0.25, 0.3) is 0 Å². The molecule has 1 aromatic carbocycles. The smallest absolute Gasteiger partial charge is 0.229 e. The summed E-state index contributed by atoms with van der Waals surface area (Å²) < 4.78 is 17.2. The molecule has 4 N–H and O–H groups in total. The molecule has 170 valence electrons. The van der Waals surface area contributed by atoms with E-state index in [0.29, 0.717) is 17.6 Å². The number of ether oxygens (including phenoxy) is 3. The highest BCUT2D eigenvalue weighted by Gasteiger charge is 2.47. The number of hydrogen-bond donors (Lipinski definition) is 4. The molecule has 6 rings (SSSR count). The molecule has 1 aromatic rings. The van der Waals surface area contributed by atoms with Crippen LogP contribution in [0, 0.1) is 23.7 Å². The molecule has 7 nitrogen and oxygen atoms in total. The fourth-order valence-electron chi connectivity index (χ4n) is 6.47. The molecule has 5 fully saturated rings. The monoisotopic (exact) mass is 432 g/mol. The molecule has 1 saturated heterocycles. The molecule has 5 aliphatic rings. The van der Waals surface area contributed by atoms with Crippen molar-refractivity contribution in [3.05, 3.63) is 35.4 Å². The normalized spacial score (nSPS) is 41.3. The van der Waals surface area contributed by atoms with Crippen LogP contribution < -0.4 is 4.74 Å². The second-order valence-corrected chi connectivity index (χ2v) is 9.64. The van der Waals surface area contributed by atoms with Crippen LogP contribution >= 0.6 is 0 Å². The van der Waals surface area contributed by atoms with Gasteiger partial charge in [0.05, 0.1) is 13.7 Å². The van der Waals surface area contributed by atoms with Crippen LogP contribution in [0.5, 0.6) is 5.75 Å². The van der Waals surface area contributed by atoms with Gasteiger partial charge in [0.2, 0.25) is 6.29 Å². The topological polar surface area (TPSA) is 109 Å². The van der Waals surface area contributed by atoms with Gasteiger partial charge < -0.3 is 34.6 Å². The number of methoxy groups -OCH3 is 1. The van der Waals surface area contributed by atoms with Crippen molar-refractivity contribution < 1.29 is 34.6 Å². The molecule has 0 radical (unpaired) electrons. The summed E-state index contributed by atoms with van der Waals surface area (Å²) in [4.78, 5) is 0. The van der Waals surface area contributed by atoms with Crippen LogP contribution in [0.25, 0.3) is 5.76 Å². The van der Waals surface area contributed by atoms with Crippen LogP contribution in [0.15, 0.2) is 29.8 Å². The van der Waals surface area contributed by atoms with Gasteiger partial charge in [0.1, 0.15) is 35.9 Å². The van der Waals surface area contributed by atoms with E-state index in [1.807, 2.05) is 18.2 Å². The Bertz CT molecular complexity index is 805. The molecule has 1 heterocycles. The molecule has 4 bridgehead atoms. The SMILES string of the molecule is COC(=C1C2CC3CC(C2)CC1C3)c1cccc(OC2OC(CO)C(O)C(O)C2O)c1. The fourth-order valence-corrected chi connectivity index (χ4v) is 6.47. The maximum atomic E-state index is 10.3. The summed E-state index contributed by atoms with van der Waals surface area (Å²) in [6.45, 7) is -0.491. The zero-order valence-corrected chi connectivity index (χ0v) is 17.8. The molecule has 4 aliphatic carbocycles. The van der Waals surface area contributed by atoms with E-state index >= 15 is 0 Å². The highest BCUT2D eigenvalue weighted by Crippen LogP contribution is 2.58. The van der Waals surface area contributed by atoms with E-state index in [9.17, 15) is 20.4 Å². The Hall–Kier alpha value is -1.64. The molecular formula is C24H32O7. The molecule has 5 unspecified atom stereocenters. The largest absolute Gasteiger partial charge is 0.496 e. The van der Waals surface area contributed by atoms with Gasteiger partial charge in [-0.3, -0.25) is 0 Å².